The molecule has 0 aliphatic carbocycles. The average Bonchev–Trinajstić information content (AvgIpc) is 3.39. The van der Waals surface area contributed by atoms with Crippen molar-refractivity contribution >= 4 is 67.4 Å². The van der Waals surface area contributed by atoms with Gasteiger partial charge in [-0.25, -0.2) is 30.9 Å². The predicted octanol–water partition coefficient (Wildman–Crippen LogP) is 0.508. The van der Waals surface area contributed by atoms with Crippen molar-refractivity contribution < 1.29 is 19.2 Å². The van der Waals surface area contributed by atoms with E-state index in [4.69, 9.17) is 5.84 Å². The van der Waals surface area contributed by atoms with Crippen molar-refractivity contribution in [2.75, 3.05) is 4.90 Å². The SMILES string of the molecule is NNC(=O)N/N=C1\C(=O)N(c2nccs2)C(=O)C(=O)[C@H]1c1nc2ccccc2s1. The number of hydrogen-bond donors (Lipinski definition) is 3. The summed E-state index contributed by atoms with van der Waals surface area (Å²) >= 11 is 2.16. The molecule has 3 heterocycles. The molecule has 4 rings (SSSR count). The molecule has 4 amide bonds. The lowest BCUT2D eigenvalue weighted by molar-refractivity contribution is -0.139. The Bertz CT molecular complexity index is 1140. The molecule has 1 aliphatic rings. The number of nitrogens with one attached hydrogen (secondary N) is 2. The fourth-order valence-electron chi connectivity index (χ4n) is 2.69. The fraction of sp³-hybridized carbons (Fsp3) is 0.0625. The van der Waals surface area contributed by atoms with Crippen LogP contribution in [0.3, 0.4) is 0 Å². The van der Waals surface area contributed by atoms with E-state index in [1.807, 2.05) is 5.43 Å². The van der Waals surface area contributed by atoms with Crippen molar-refractivity contribution in [3.63, 3.8) is 0 Å². The average molecular weight is 429 g/mol. The van der Waals surface area contributed by atoms with E-state index in [0.717, 1.165) is 27.4 Å². The van der Waals surface area contributed by atoms with Gasteiger partial charge < -0.3 is 0 Å². The van der Waals surface area contributed by atoms with Crippen LogP contribution < -0.4 is 21.6 Å². The van der Waals surface area contributed by atoms with E-state index < -0.39 is 29.5 Å². The number of nitrogens with two attached hydrogens (primary N) is 1. The van der Waals surface area contributed by atoms with Gasteiger partial charge in [0.05, 0.1) is 10.2 Å². The Morgan fingerprint density at radius 3 is 2.69 bits per heavy atom. The summed E-state index contributed by atoms with van der Waals surface area (Å²) in [5.74, 6) is 0.809. The number of rotatable bonds is 3. The summed E-state index contributed by atoms with van der Waals surface area (Å²) in [7, 11) is 0. The molecule has 0 radical (unpaired) electrons. The van der Waals surface area contributed by atoms with E-state index in [0.29, 0.717) is 10.4 Å². The van der Waals surface area contributed by atoms with E-state index in [1.165, 1.54) is 6.20 Å². The number of imide groups is 1. The number of carbonyl (C=O) groups is 4. The third-order valence-corrected chi connectivity index (χ3v) is 5.81. The van der Waals surface area contributed by atoms with Crippen LogP contribution in [0.5, 0.6) is 0 Å². The number of para-hydroxylation sites is 1. The van der Waals surface area contributed by atoms with Crippen LogP contribution in [0.2, 0.25) is 0 Å². The normalized spacial score (nSPS) is 18.5. The number of benzene rings is 1. The Morgan fingerprint density at radius 1 is 1.21 bits per heavy atom. The molecular formula is C16H11N7O4S2. The number of thiazole rings is 2. The predicted molar refractivity (Wildman–Crippen MR) is 105 cm³/mol. The molecule has 1 aliphatic heterocycles. The third kappa shape index (κ3) is 3.26. The first kappa shape index (κ1) is 18.8. The molecule has 0 unspecified atom stereocenters. The summed E-state index contributed by atoms with van der Waals surface area (Å²) in [6.45, 7) is 0. The second kappa shape index (κ2) is 7.46. The smallest absolute Gasteiger partial charge is 0.287 e. The van der Waals surface area contributed by atoms with Crippen LogP contribution in [0.15, 0.2) is 40.9 Å². The van der Waals surface area contributed by atoms with Gasteiger partial charge in [-0.15, -0.1) is 22.7 Å². The van der Waals surface area contributed by atoms with Crippen LogP contribution in [0.4, 0.5) is 9.93 Å². The highest BCUT2D eigenvalue weighted by atomic mass is 32.1. The van der Waals surface area contributed by atoms with E-state index >= 15 is 0 Å². The number of anilines is 1. The molecule has 29 heavy (non-hydrogen) atoms. The van der Waals surface area contributed by atoms with Crippen LogP contribution in [0, 0.1) is 0 Å². The quantitative estimate of drug-likeness (QED) is 0.180. The zero-order valence-electron chi connectivity index (χ0n) is 14.4. The number of nitrogens with zero attached hydrogens (tertiary/aromatic N) is 4. The summed E-state index contributed by atoms with van der Waals surface area (Å²) in [4.78, 5) is 59.1. The second-order valence-corrected chi connectivity index (χ2v) is 7.60. The monoisotopic (exact) mass is 429 g/mol. The van der Waals surface area contributed by atoms with Gasteiger partial charge in [-0.2, -0.15) is 5.10 Å². The molecule has 0 saturated carbocycles. The molecule has 11 nitrogen and oxygen atoms in total. The van der Waals surface area contributed by atoms with Crippen LogP contribution in [-0.4, -0.2) is 39.3 Å². The molecule has 1 aromatic carbocycles. The number of hydrogen-bond acceptors (Lipinski definition) is 10. The number of piperidine rings is 1. The lowest BCUT2D eigenvalue weighted by Crippen LogP contribution is -2.55. The maximum absolute atomic E-state index is 13.0. The Labute approximate surface area is 170 Å². The number of carbonyl (C=O) groups excluding carboxylic acids is 4. The first-order valence-electron chi connectivity index (χ1n) is 8.03. The second-order valence-electron chi connectivity index (χ2n) is 5.66. The van der Waals surface area contributed by atoms with Gasteiger partial charge in [-0.1, -0.05) is 12.1 Å². The van der Waals surface area contributed by atoms with Crippen LogP contribution in [0.1, 0.15) is 10.9 Å². The first-order chi connectivity index (χ1) is 14.0. The molecule has 1 atom stereocenters. The number of hydrazine groups is 1. The van der Waals surface area contributed by atoms with Gasteiger partial charge in [0, 0.05) is 11.6 Å². The largest absolute Gasteiger partial charge is 0.349 e. The number of hydrazone groups is 1. The third-order valence-electron chi connectivity index (χ3n) is 3.95. The van der Waals surface area contributed by atoms with E-state index in [9.17, 15) is 19.2 Å². The van der Waals surface area contributed by atoms with Gasteiger partial charge in [0.1, 0.15) is 16.6 Å². The van der Waals surface area contributed by atoms with Crippen molar-refractivity contribution in [3.8, 4) is 0 Å². The maximum atomic E-state index is 13.0. The van der Waals surface area contributed by atoms with Crippen LogP contribution >= 0.6 is 22.7 Å². The molecule has 146 valence electrons. The molecule has 13 heteroatoms. The number of urea groups is 1. The van der Waals surface area contributed by atoms with Gasteiger partial charge in [0.2, 0.25) is 5.78 Å². The minimum atomic E-state index is -1.36. The maximum Gasteiger partial charge on any atom is 0.349 e. The molecule has 1 saturated heterocycles. The van der Waals surface area contributed by atoms with Crippen LogP contribution in [0.25, 0.3) is 10.2 Å². The summed E-state index contributed by atoms with van der Waals surface area (Å²) in [5, 5.41) is 5.55. The van der Waals surface area contributed by atoms with Gasteiger partial charge in [0.25, 0.3) is 5.91 Å². The van der Waals surface area contributed by atoms with Crippen molar-refractivity contribution in [2.45, 2.75) is 5.92 Å². The summed E-state index contributed by atoms with van der Waals surface area (Å²) in [6.07, 6.45) is 1.39. The number of fused-ring (bicyclic) bond motifs is 1. The molecule has 4 N–H and O–H groups in total. The summed E-state index contributed by atoms with van der Waals surface area (Å²) < 4.78 is 0.768. The molecule has 0 bridgehead atoms. The molecule has 2 aromatic heterocycles. The van der Waals surface area contributed by atoms with Crippen molar-refractivity contribution in [2.24, 2.45) is 10.9 Å². The van der Waals surface area contributed by atoms with E-state index in [2.05, 4.69) is 15.1 Å². The summed E-state index contributed by atoms with van der Waals surface area (Å²) in [5.41, 5.74) is 4.06. The standard InChI is InChI=1S/C16H11N7O4S2/c17-20-15(27)22-21-10-9(12-19-7-3-1-2-4-8(7)29-12)11(24)14(26)23(13(10)25)16-18-5-6-28-16/h1-6,9H,17H2,(H2,20,22,27)/b21-10-/t9-/m0/s1. The zero-order chi connectivity index (χ0) is 20.5. The minimum absolute atomic E-state index is 0.0204. The van der Waals surface area contributed by atoms with Gasteiger partial charge in [0.15, 0.2) is 5.13 Å². The number of amides is 4. The van der Waals surface area contributed by atoms with Gasteiger partial charge >= 0.3 is 11.9 Å². The lowest BCUT2D eigenvalue weighted by Gasteiger charge is -2.27. The van der Waals surface area contributed by atoms with Crippen molar-refractivity contribution in [1.82, 2.24) is 20.8 Å². The number of aromatic nitrogens is 2. The van der Waals surface area contributed by atoms with Gasteiger partial charge in [-0.3, -0.25) is 19.8 Å². The molecule has 3 aromatic rings. The number of ketones is 1. The minimum Gasteiger partial charge on any atom is -0.287 e. The topological polar surface area (TPSA) is 160 Å². The van der Waals surface area contributed by atoms with Crippen molar-refractivity contribution in [3.05, 3.63) is 40.8 Å². The Morgan fingerprint density at radius 2 is 2.00 bits per heavy atom. The first-order valence-corrected chi connectivity index (χ1v) is 9.72. The Kier molecular flexibility index (Phi) is 4.84. The Balaban J connectivity index is 1.83. The number of Topliss-reactive ketones (excluding diaryl/α,β-unsaturated/α-hetero) is 1. The molecule has 1 fully saturated rings. The van der Waals surface area contributed by atoms with Crippen molar-refractivity contribution in [1.29, 1.82) is 0 Å². The zero-order valence-corrected chi connectivity index (χ0v) is 16.0. The Hall–Kier alpha value is -3.55. The highest BCUT2D eigenvalue weighted by Crippen LogP contribution is 2.33. The van der Waals surface area contributed by atoms with Crippen LogP contribution in [-0.2, 0) is 14.4 Å². The summed E-state index contributed by atoms with van der Waals surface area (Å²) in [6, 6.07) is 6.21. The molecule has 0 spiro atoms. The highest BCUT2D eigenvalue weighted by molar-refractivity contribution is 7.19. The van der Waals surface area contributed by atoms with E-state index in [1.54, 1.807) is 35.1 Å². The van der Waals surface area contributed by atoms with E-state index in [-0.39, 0.29) is 15.9 Å². The lowest BCUT2D eigenvalue weighted by atomic mass is 9.92. The van der Waals surface area contributed by atoms with Gasteiger partial charge in [-0.05, 0) is 12.1 Å². The highest BCUT2D eigenvalue weighted by Gasteiger charge is 2.49. The fourth-order valence-corrected chi connectivity index (χ4v) is 4.39. The molecular weight excluding hydrogens is 418 g/mol.